The highest BCUT2D eigenvalue weighted by Gasteiger charge is 2.70. The Bertz CT molecular complexity index is 1600. The molecule has 1 fully saturated rings. The lowest BCUT2D eigenvalue weighted by molar-refractivity contribution is -0.384. The number of hydrogen-bond donors (Lipinski definition) is 1. The number of carbonyl (C=O) groups excluding carboxylic acids is 3. The zero-order valence-corrected chi connectivity index (χ0v) is 21.8. The Morgan fingerprint density at radius 1 is 1.00 bits per heavy atom. The molecule has 1 saturated heterocycles. The van der Waals surface area contributed by atoms with Crippen LogP contribution in [0.1, 0.15) is 42.3 Å². The van der Waals surface area contributed by atoms with Crippen molar-refractivity contribution in [3.8, 4) is 0 Å². The Balaban J connectivity index is 1.68. The van der Waals surface area contributed by atoms with Gasteiger partial charge in [-0.25, -0.2) is 0 Å². The molecule has 1 amide bonds. The molecule has 0 radical (unpaired) electrons. The van der Waals surface area contributed by atoms with Crippen molar-refractivity contribution in [2.45, 2.75) is 38.3 Å². The minimum atomic E-state index is -1.44. The first kappa shape index (κ1) is 24.7. The molecule has 8 nitrogen and oxygen atoms in total. The quantitative estimate of drug-likeness (QED) is 0.288. The second-order valence-corrected chi connectivity index (χ2v) is 11.3. The van der Waals surface area contributed by atoms with Crippen LogP contribution in [-0.4, -0.2) is 34.5 Å². The summed E-state index contributed by atoms with van der Waals surface area (Å²) in [5, 5.41) is 14.5. The number of nitrogens with one attached hydrogen (secondary N) is 1. The van der Waals surface area contributed by atoms with Crippen LogP contribution in [0.3, 0.4) is 0 Å². The van der Waals surface area contributed by atoms with E-state index >= 15 is 0 Å². The van der Waals surface area contributed by atoms with Crippen molar-refractivity contribution in [1.82, 2.24) is 0 Å². The van der Waals surface area contributed by atoms with Crippen LogP contribution in [0.5, 0.6) is 0 Å². The van der Waals surface area contributed by atoms with E-state index in [-0.39, 0.29) is 22.9 Å². The van der Waals surface area contributed by atoms with Gasteiger partial charge in [-0.1, -0.05) is 81.5 Å². The summed E-state index contributed by atoms with van der Waals surface area (Å²) in [7, 11) is 0. The lowest BCUT2D eigenvalue weighted by Gasteiger charge is -2.38. The number of benzene rings is 3. The average Bonchev–Trinajstić information content (AvgIpc) is 3.40. The fourth-order valence-corrected chi connectivity index (χ4v) is 6.52. The minimum absolute atomic E-state index is 0.0922. The molecule has 196 valence electrons. The monoisotopic (exact) mass is 521 g/mol. The molecule has 3 heterocycles. The molecular formula is C31H27N3O5. The van der Waals surface area contributed by atoms with Crippen molar-refractivity contribution < 1.29 is 19.3 Å². The van der Waals surface area contributed by atoms with E-state index < -0.39 is 39.5 Å². The second kappa shape index (κ2) is 8.46. The van der Waals surface area contributed by atoms with E-state index in [0.29, 0.717) is 11.3 Å². The van der Waals surface area contributed by atoms with Crippen molar-refractivity contribution in [3.63, 3.8) is 0 Å². The van der Waals surface area contributed by atoms with Crippen molar-refractivity contribution in [1.29, 1.82) is 0 Å². The van der Waals surface area contributed by atoms with Gasteiger partial charge in [-0.2, -0.15) is 0 Å². The molecule has 1 N–H and O–H groups in total. The first-order chi connectivity index (χ1) is 18.6. The summed E-state index contributed by atoms with van der Waals surface area (Å²) in [4.78, 5) is 56.1. The molecule has 3 aliphatic heterocycles. The number of nitrogens with zero attached hydrogens (tertiary/aromatic N) is 2. The van der Waals surface area contributed by atoms with Crippen LogP contribution in [0, 0.1) is 21.4 Å². The first-order valence-corrected chi connectivity index (χ1v) is 12.9. The van der Waals surface area contributed by atoms with E-state index in [0.717, 1.165) is 11.3 Å². The van der Waals surface area contributed by atoms with E-state index in [1.807, 2.05) is 59.5 Å². The number of amides is 1. The molecule has 0 saturated carbocycles. The van der Waals surface area contributed by atoms with Crippen LogP contribution >= 0.6 is 0 Å². The number of nitro benzene ring substituents is 1. The Labute approximate surface area is 225 Å². The number of fused-ring (bicyclic) bond motifs is 6. The molecule has 4 atom stereocenters. The summed E-state index contributed by atoms with van der Waals surface area (Å²) in [6.45, 7) is 5.41. The highest BCUT2D eigenvalue weighted by Crippen LogP contribution is 2.58. The Hall–Kier alpha value is -4.59. The van der Waals surface area contributed by atoms with Crippen LogP contribution in [0.25, 0.3) is 6.08 Å². The first-order valence-electron chi connectivity index (χ1n) is 12.9. The number of hydrogen-bond acceptors (Lipinski definition) is 6. The minimum Gasteiger partial charge on any atom is -0.352 e. The Kier molecular flexibility index (Phi) is 5.36. The molecule has 39 heavy (non-hydrogen) atoms. The summed E-state index contributed by atoms with van der Waals surface area (Å²) in [5.41, 5.74) is 0.461. The van der Waals surface area contributed by atoms with Crippen LogP contribution in [-0.2, 0) is 15.0 Å². The van der Waals surface area contributed by atoms with Gasteiger partial charge in [0.1, 0.15) is 11.5 Å². The largest absolute Gasteiger partial charge is 0.352 e. The van der Waals surface area contributed by atoms with E-state index in [1.165, 1.54) is 24.3 Å². The molecule has 0 unspecified atom stereocenters. The van der Waals surface area contributed by atoms with Gasteiger partial charge < -0.3 is 10.2 Å². The van der Waals surface area contributed by atoms with Gasteiger partial charge in [-0.05, 0) is 23.3 Å². The van der Waals surface area contributed by atoms with Crippen LogP contribution in [0.4, 0.5) is 17.1 Å². The summed E-state index contributed by atoms with van der Waals surface area (Å²) < 4.78 is 0. The number of nitro groups is 1. The smallest absolute Gasteiger partial charge is 0.270 e. The second-order valence-electron chi connectivity index (χ2n) is 11.3. The fourth-order valence-electron chi connectivity index (χ4n) is 6.52. The molecule has 3 aliphatic rings. The molecule has 8 heteroatoms. The van der Waals surface area contributed by atoms with Crippen molar-refractivity contribution >= 4 is 40.6 Å². The fraction of sp³-hybridized carbons (Fsp3) is 0.258. The maximum Gasteiger partial charge on any atom is 0.270 e. The van der Waals surface area contributed by atoms with Crippen molar-refractivity contribution in [2.75, 3.05) is 10.2 Å². The topological polar surface area (TPSA) is 110 Å². The maximum atomic E-state index is 14.6. The summed E-state index contributed by atoms with van der Waals surface area (Å²) in [5.74, 6) is -2.17. The van der Waals surface area contributed by atoms with Gasteiger partial charge in [0.25, 0.3) is 5.69 Å². The highest BCUT2D eigenvalue weighted by molar-refractivity contribution is 6.17. The number of carbonyl (C=O) groups is 3. The summed E-state index contributed by atoms with van der Waals surface area (Å²) in [6, 6.07) is 18.8. The molecule has 0 aromatic heterocycles. The average molecular weight is 522 g/mol. The van der Waals surface area contributed by atoms with Crippen molar-refractivity contribution in [2.24, 2.45) is 11.3 Å². The zero-order chi connectivity index (χ0) is 27.7. The molecule has 0 aliphatic carbocycles. The number of rotatable bonds is 4. The van der Waals surface area contributed by atoms with E-state index in [1.54, 1.807) is 26.8 Å². The lowest BCUT2D eigenvalue weighted by atomic mass is 9.63. The third-order valence-electron chi connectivity index (χ3n) is 8.17. The standard InChI is InChI=1S/C31H27N3O5/c1-30(2,3)28(36)26-25(27(35)19-10-8-11-20(17-19)34(38)39)31(21-12-5-6-13-22(21)32-29(31)37)24-16-15-18-9-4-7-14-23(18)33(24)26/h4-17,24-26H,1-3H3,(H,32,37)/t24-,25+,26+,31-/m1/s1. The highest BCUT2D eigenvalue weighted by atomic mass is 16.6. The third kappa shape index (κ3) is 3.40. The molecule has 6 rings (SSSR count). The van der Waals surface area contributed by atoms with Crippen LogP contribution < -0.4 is 10.2 Å². The Morgan fingerprint density at radius 2 is 1.72 bits per heavy atom. The molecular weight excluding hydrogens is 494 g/mol. The third-order valence-corrected chi connectivity index (χ3v) is 8.17. The van der Waals surface area contributed by atoms with Gasteiger partial charge in [-0.3, -0.25) is 24.5 Å². The van der Waals surface area contributed by atoms with E-state index in [9.17, 15) is 24.5 Å². The van der Waals surface area contributed by atoms with Crippen molar-refractivity contribution in [3.05, 3.63) is 106 Å². The summed E-state index contributed by atoms with van der Waals surface area (Å²) in [6.07, 6.45) is 3.85. The van der Waals surface area contributed by atoms with Gasteiger partial charge in [0.05, 0.1) is 16.9 Å². The molecule has 3 aromatic rings. The van der Waals surface area contributed by atoms with E-state index in [2.05, 4.69) is 5.32 Å². The Morgan fingerprint density at radius 3 is 2.46 bits per heavy atom. The van der Waals surface area contributed by atoms with Gasteiger partial charge >= 0.3 is 0 Å². The SMILES string of the molecule is CC(C)(C)C(=O)[C@@H]1[C@@H](C(=O)c2cccc([N+](=O)[O-])c2)[C@]2(C(=O)Nc3ccccc32)[C@H]2C=Cc3ccccc3N12. The summed E-state index contributed by atoms with van der Waals surface area (Å²) >= 11 is 0. The maximum absolute atomic E-state index is 14.6. The van der Waals surface area contributed by atoms with E-state index in [4.69, 9.17) is 0 Å². The number of non-ortho nitro benzene ring substituents is 1. The number of ketones is 2. The van der Waals surface area contributed by atoms with Gasteiger partial charge in [0.2, 0.25) is 5.91 Å². The molecule has 3 aromatic carbocycles. The van der Waals surface area contributed by atoms with Crippen LogP contribution in [0.2, 0.25) is 0 Å². The molecule has 0 bridgehead atoms. The predicted molar refractivity (Wildman–Crippen MR) is 148 cm³/mol. The van der Waals surface area contributed by atoms with Gasteiger partial charge in [0.15, 0.2) is 11.6 Å². The number of Topliss-reactive ketones (excluding diaryl/α,β-unsaturated/α-hetero) is 2. The van der Waals surface area contributed by atoms with Crippen LogP contribution in [0.15, 0.2) is 78.9 Å². The number of para-hydroxylation sites is 2. The molecule has 1 spiro atoms. The van der Waals surface area contributed by atoms with Gasteiger partial charge in [0, 0.05) is 34.5 Å². The zero-order valence-electron chi connectivity index (χ0n) is 21.8. The number of anilines is 2. The lowest BCUT2D eigenvalue weighted by Crippen LogP contribution is -2.51. The predicted octanol–water partition coefficient (Wildman–Crippen LogP) is 5.18. The van der Waals surface area contributed by atoms with Gasteiger partial charge in [-0.15, -0.1) is 0 Å². The normalized spacial score (nSPS) is 24.6.